The van der Waals surface area contributed by atoms with Gasteiger partial charge in [-0.3, -0.25) is 4.79 Å². The second kappa shape index (κ2) is 5.30. The minimum absolute atomic E-state index is 0.125. The van der Waals surface area contributed by atoms with E-state index in [1.54, 1.807) is 6.92 Å². The van der Waals surface area contributed by atoms with E-state index in [-0.39, 0.29) is 5.78 Å². The molecule has 0 N–H and O–H groups in total. The Hall–Kier alpha value is -1.37. The summed E-state index contributed by atoms with van der Waals surface area (Å²) in [6, 6.07) is 7.57. The summed E-state index contributed by atoms with van der Waals surface area (Å²) in [5.41, 5.74) is 1.97. The summed E-state index contributed by atoms with van der Waals surface area (Å²) in [6.07, 6.45) is 0. The Bertz CT molecular complexity index is 246. The van der Waals surface area contributed by atoms with Crippen molar-refractivity contribution in [2.24, 2.45) is 0 Å². The summed E-state index contributed by atoms with van der Waals surface area (Å²) >= 11 is 0. The van der Waals surface area contributed by atoms with Crippen molar-refractivity contribution in [3.8, 4) is 0 Å². The monoisotopic (exact) mass is 162 g/mol. The van der Waals surface area contributed by atoms with Gasteiger partial charge in [-0.1, -0.05) is 29.8 Å². The van der Waals surface area contributed by atoms with Gasteiger partial charge in [0.05, 0.1) is 0 Å². The summed E-state index contributed by atoms with van der Waals surface area (Å²) < 4.78 is 0. The second-order valence-corrected chi connectivity index (χ2v) is 2.42. The van der Waals surface area contributed by atoms with Crippen LogP contribution in [0.5, 0.6) is 0 Å². The Kier molecular flexibility index (Phi) is 4.70. The molecule has 64 valence electrons. The molecule has 0 aliphatic carbocycles. The average molecular weight is 162 g/mol. The van der Waals surface area contributed by atoms with Crippen molar-refractivity contribution >= 4 is 5.78 Å². The molecule has 0 saturated heterocycles. The number of hydrogen-bond acceptors (Lipinski definition) is 1. The molecule has 0 bridgehead atoms. The number of benzene rings is 1. The zero-order valence-electron chi connectivity index (χ0n) is 7.63. The zero-order valence-corrected chi connectivity index (χ0v) is 7.63. The SMILES string of the molecule is C=C.CC(=O)c1ccc(C)cc1. The molecule has 1 nitrogen and oxygen atoms in total. The van der Waals surface area contributed by atoms with E-state index in [2.05, 4.69) is 13.2 Å². The summed E-state index contributed by atoms with van der Waals surface area (Å²) in [6.45, 7) is 9.58. The first kappa shape index (κ1) is 10.6. The fraction of sp³-hybridized carbons (Fsp3) is 0.182. The number of ketones is 1. The van der Waals surface area contributed by atoms with Gasteiger partial charge >= 0.3 is 0 Å². The molecule has 1 rings (SSSR count). The van der Waals surface area contributed by atoms with Crippen LogP contribution in [0, 0.1) is 6.92 Å². The molecule has 0 aromatic heterocycles. The molecule has 0 unspecified atom stereocenters. The van der Waals surface area contributed by atoms with Gasteiger partial charge in [0.15, 0.2) is 5.78 Å². The standard InChI is InChI=1S/C9H10O.C2H4/c1-7-3-5-9(6-4-7)8(2)10;1-2/h3-6H,1-2H3;1-2H2. The molecule has 0 aliphatic rings. The highest BCUT2D eigenvalue weighted by Crippen LogP contribution is 2.02. The Labute approximate surface area is 73.7 Å². The first-order chi connectivity index (χ1) is 5.70. The number of hydrogen-bond donors (Lipinski definition) is 0. The molecule has 1 aromatic carbocycles. The van der Waals surface area contributed by atoms with E-state index in [4.69, 9.17) is 0 Å². The molecule has 0 atom stereocenters. The molecule has 0 heterocycles. The number of Topliss-reactive ketones (excluding diaryl/α,β-unsaturated/α-hetero) is 1. The van der Waals surface area contributed by atoms with Crippen molar-refractivity contribution in [1.29, 1.82) is 0 Å². The van der Waals surface area contributed by atoms with Gasteiger partial charge in [0.25, 0.3) is 0 Å². The van der Waals surface area contributed by atoms with Crippen LogP contribution in [0.15, 0.2) is 37.4 Å². The first-order valence-corrected chi connectivity index (χ1v) is 3.78. The van der Waals surface area contributed by atoms with Crippen LogP contribution in [0.25, 0.3) is 0 Å². The lowest BCUT2D eigenvalue weighted by Gasteiger charge is -1.93. The summed E-state index contributed by atoms with van der Waals surface area (Å²) in [7, 11) is 0. The fourth-order valence-corrected chi connectivity index (χ4v) is 0.788. The molecule has 0 fully saturated rings. The van der Waals surface area contributed by atoms with Crippen LogP contribution >= 0.6 is 0 Å². The van der Waals surface area contributed by atoms with Crippen LogP contribution in [0.2, 0.25) is 0 Å². The van der Waals surface area contributed by atoms with Gasteiger partial charge < -0.3 is 0 Å². The fourth-order valence-electron chi connectivity index (χ4n) is 0.788. The van der Waals surface area contributed by atoms with E-state index < -0.39 is 0 Å². The molecular formula is C11H14O. The Balaban J connectivity index is 0.000000561. The van der Waals surface area contributed by atoms with Crippen LogP contribution in [0.4, 0.5) is 0 Å². The molecule has 0 saturated carbocycles. The van der Waals surface area contributed by atoms with Crippen molar-refractivity contribution in [3.05, 3.63) is 48.6 Å². The molecule has 0 amide bonds. The van der Waals surface area contributed by atoms with Crippen molar-refractivity contribution in [2.75, 3.05) is 0 Å². The third-order valence-corrected chi connectivity index (χ3v) is 1.46. The predicted molar refractivity (Wildman–Crippen MR) is 52.4 cm³/mol. The number of carbonyl (C=O) groups excluding carboxylic acids is 1. The Morgan fingerprint density at radius 2 is 1.58 bits per heavy atom. The third kappa shape index (κ3) is 3.15. The lowest BCUT2D eigenvalue weighted by Crippen LogP contribution is -1.90. The van der Waals surface area contributed by atoms with Gasteiger partial charge in [0, 0.05) is 5.56 Å². The lowest BCUT2D eigenvalue weighted by atomic mass is 10.1. The maximum Gasteiger partial charge on any atom is 0.159 e. The first-order valence-electron chi connectivity index (χ1n) is 3.78. The Morgan fingerprint density at radius 3 is 1.92 bits per heavy atom. The smallest absolute Gasteiger partial charge is 0.159 e. The minimum Gasteiger partial charge on any atom is -0.295 e. The summed E-state index contributed by atoms with van der Waals surface area (Å²) in [5.74, 6) is 0.125. The number of aryl methyl sites for hydroxylation is 1. The highest BCUT2D eigenvalue weighted by atomic mass is 16.1. The van der Waals surface area contributed by atoms with Crippen LogP contribution in [0.1, 0.15) is 22.8 Å². The largest absolute Gasteiger partial charge is 0.295 e. The maximum atomic E-state index is 10.8. The van der Waals surface area contributed by atoms with Crippen molar-refractivity contribution in [1.82, 2.24) is 0 Å². The third-order valence-electron chi connectivity index (χ3n) is 1.46. The van der Waals surface area contributed by atoms with Crippen LogP contribution in [0.3, 0.4) is 0 Å². The van der Waals surface area contributed by atoms with E-state index in [0.29, 0.717) is 0 Å². The Morgan fingerprint density at radius 1 is 1.17 bits per heavy atom. The molecule has 1 aromatic rings. The molecule has 0 radical (unpaired) electrons. The van der Waals surface area contributed by atoms with E-state index in [9.17, 15) is 4.79 Å². The summed E-state index contributed by atoms with van der Waals surface area (Å²) in [5, 5.41) is 0. The van der Waals surface area contributed by atoms with Gasteiger partial charge in [-0.25, -0.2) is 0 Å². The predicted octanol–water partition coefficient (Wildman–Crippen LogP) is 3.00. The van der Waals surface area contributed by atoms with Crippen molar-refractivity contribution < 1.29 is 4.79 Å². The highest BCUT2D eigenvalue weighted by molar-refractivity contribution is 5.93. The molecule has 12 heavy (non-hydrogen) atoms. The van der Waals surface area contributed by atoms with E-state index >= 15 is 0 Å². The van der Waals surface area contributed by atoms with Crippen LogP contribution in [-0.2, 0) is 0 Å². The van der Waals surface area contributed by atoms with Gasteiger partial charge in [-0.2, -0.15) is 0 Å². The zero-order chi connectivity index (χ0) is 9.56. The van der Waals surface area contributed by atoms with Gasteiger partial charge in [0.2, 0.25) is 0 Å². The van der Waals surface area contributed by atoms with Gasteiger partial charge in [0.1, 0.15) is 0 Å². The van der Waals surface area contributed by atoms with Crippen LogP contribution in [-0.4, -0.2) is 5.78 Å². The van der Waals surface area contributed by atoms with Crippen molar-refractivity contribution in [2.45, 2.75) is 13.8 Å². The number of carbonyl (C=O) groups is 1. The van der Waals surface area contributed by atoms with Crippen molar-refractivity contribution in [3.63, 3.8) is 0 Å². The van der Waals surface area contributed by atoms with Gasteiger partial charge in [-0.15, -0.1) is 13.2 Å². The molecule has 1 heteroatoms. The second-order valence-electron chi connectivity index (χ2n) is 2.42. The van der Waals surface area contributed by atoms with Crippen LogP contribution < -0.4 is 0 Å². The molecule has 0 spiro atoms. The minimum atomic E-state index is 0.125. The summed E-state index contributed by atoms with van der Waals surface area (Å²) in [4.78, 5) is 10.8. The lowest BCUT2D eigenvalue weighted by molar-refractivity contribution is 0.101. The topological polar surface area (TPSA) is 17.1 Å². The normalized spacial score (nSPS) is 8.17. The number of rotatable bonds is 1. The van der Waals surface area contributed by atoms with Gasteiger partial charge in [-0.05, 0) is 13.8 Å². The quantitative estimate of drug-likeness (QED) is 0.458. The van der Waals surface area contributed by atoms with E-state index in [1.807, 2.05) is 31.2 Å². The van der Waals surface area contributed by atoms with E-state index in [1.165, 1.54) is 5.56 Å². The molecule has 0 aliphatic heterocycles. The van der Waals surface area contributed by atoms with E-state index in [0.717, 1.165) is 5.56 Å². The maximum absolute atomic E-state index is 10.8. The highest BCUT2D eigenvalue weighted by Gasteiger charge is 1.95. The average Bonchev–Trinajstić information content (AvgIpc) is 2.09. The molecular weight excluding hydrogens is 148 g/mol.